The van der Waals surface area contributed by atoms with Crippen LogP contribution in [0.5, 0.6) is 0 Å². The van der Waals surface area contributed by atoms with Crippen LogP contribution in [0, 0.1) is 0 Å². The van der Waals surface area contributed by atoms with Crippen LogP contribution in [0.3, 0.4) is 0 Å². The summed E-state index contributed by atoms with van der Waals surface area (Å²) in [6.07, 6.45) is 10.5. The van der Waals surface area contributed by atoms with Crippen LogP contribution in [0.2, 0.25) is 0 Å². The molecule has 0 bridgehead atoms. The van der Waals surface area contributed by atoms with Crippen molar-refractivity contribution < 1.29 is 0 Å². The molecular weight excluding hydrogens is 446 g/mol. The van der Waals surface area contributed by atoms with E-state index in [1.54, 1.807) is 0 Å². The predicted molar refractivity (Wildman–Crippen MR) is 142 cm³/mol. The second-order valence-corrected chi connectivity index (χ2v) is 9.87. The Morgan fingerprint density at radius 2 is 1.17 bits per heavy atom. The zero-order chi connectivity index (χ0) is 23.9. The number of aromatic amines is 2. The summed E-state index contributed by atoms with van der Waals surface area (Å²) in [5.74, 6) is 2.05. The maximum absolute atomic E-state index is 4.76. The Morgan fingerprint density at radius 3 is 1.75 bits per heavy atom. The Hall–Kier alpha value is -3.81. The van der Waals surface area contributed by atoms with E-state index < -0.39 is 0 Å². The topological polar surface area (TPSA) is 94.3 Å². The summed E-state index contributed by atoms with van der Waals surface area (Å²) in [5.41, 5.74) is 6.35. The van der Waals surface area contributed by atoms with E-state index in [0.29, 0.717) is 12.1 Å². The van der Waals surface area contributed by atoms with E-state index in [2.05, 4.69) is 79.1 Å². The van der Waals surface area contributed by atoms with Gasteiger partial charge in [-0.3, -0.25) is 4.98 Å². The molecule has 2 aromatic carbocycles. The van der Waals surface area contributed by atoms with Gasteiger partial charge in [0.1, 0.15) is 11.6 Å². The molecule has 0 saturated carbocycles. The summed E-state index contributed by atoms with van der Waals surface area (Å²) in [4.78, 5) is 21.0. The van der Waals surface area contributed by atoms with Gasteiger partial charge in [-0.25, -0.2) is 9.97 Å². The third-order valence-corrected chi connectivity index (χ3v) is 7.49. The standard InChI is InChI=1S/C29H29N7/c1-3-24(30-11-1)28-33-16-26(35-28)21-8-6-18-13-20(7-5-19(18)14-21)23-10-9-22(15-32-23)27-17-34-29(36-27)25-4-2-12-31-25/h5-10,13-17,24-25,30-31H,1-4,11-12H2,(H,33,35)(H,34,36). The summed E-state index contributed by atoms with van der Waals surface area (Å²) in [5, 5.41) is 9.40. The van der Waals surface area contributed by atoms with Gasteiger partial charge in [0.15, 0.2) is 0 Å². The maximum atomic E-state index is 4.76. The normalized spacial score (nSPS) is 19.9. The molecule has 2 unspecified atom stereocenters. The zero-order valence-electron chi connectivity index (χ0n) is 20.1. The number of rotatable bonds is 5. The second-order valence-electron chi connectivity index (χ2n) is 9.87. The summed E-state index contributed by atoms with van der Waals surface area (Å²) >= 11 is 0. The van der Waals surface area contributed by atoms with E-state index >= 15 is 0 Å². The number of nitrogens with zero attached hydrogens (tertiary/aromatic N) is 3. The van der Waals surface area contributed by atoms with Crippen LogP contribution < -0.4 is 10.6 Å². The number of pyridine rings is 1. The Kier molecular flexibility index (Phi) is 5.37. The number of H-pyrrole nitrogens is 2. The van der Waals surface area contributed by atoms with Crippen molar-refractivity contribution >= 4 is 10.8 Å². The van der Waals surface area contributed by atoms with Crippen LogP contribution in [-0.2, 0) is 0 Å². The monoisotopic (exact) mass is 475 g/mol. The van der Waals surface area contributed by atoms with Crippen molar-refractivity contribution in [1.82, 2.24) is 35.6 Å². The Morgan fingerprint density at radius 1 is 0.583 bits per heavy atom. The Bertz CT molecular complexity index is 1500. The first-order valence-electron chi connectivity index (χ1n) is 12.9. The molecule has 2 aliphatic rings. The van der Waals surface area contributed by atoms with Crippen molar-refractivity contribution in [2.75, 3.05) is 13.1 Å². The van der Waals surface area contributed by atoms with Crippen molar-refractivity contribution in [2.24, 2.45) is 0 Å². The van der Waals surface area contributed by atoms with Gasteiger partial charge < -0.3 is 20.6 Å². The van der Waals surface area contributed by atoms with Crippen LogP contribution in [0.25, 0.3) is 44.5 Å². The molecule has 2 aliphatic heterocycles. The minimum absolute atomic E-state index is 0.337. The fourth-order valence-corrected chi connectivity index (χ4v) is 5.45. The number of imidazole rings is 2. The summed E-state index contributed by atoms with van der Waals surface area (Å²) in [6.45, 7) is 2.13. The largest absolute Gasteiger partial charge is 0.341 e. The Balaban J connectivity index is 1.11. The van der Waals surface area contributed by atoms with Gasteiger partial charge in [0.2, 0.25) is 0 Å². The number of benzene rings is 2. The number of aromatic nitrogens is 5. The van der Waals surface area contributed by atoms with E-state index in [4.69, 9.17) is 4.98 Å². The predicted octanol–water partition coefficient (Wildman–Crippen LogP) is 5.53. The second kappa shape index (κ2) is 9.00. The molecular formula is C29H29N7. The summed E-state index contributed by atoms with van der Waals surface area (Å²) < 4.78 is 0. The highest BCUT2D eigenvalue weighted by Gasteiger charge is 2.20. The van der Waals surface area contributed by atoms with Gasteiger partial charge in [-0.2, -0.15) is 0 Å². The van der Waals surface area contributed by atoms with Gasteiger partial charge in [-0.05, 0) is 73.8 Å². The first kappa shape index (κ1) is 21.5. The molecule has 5 aromatic rings. The van der Waals surface area contributed by atoms with Crippen molar-refractivity contribution in [3.05, 3.63) is 78.8 Å². The van der Waals surface area contributed by atoms with Crippen LogP contribution >= 0.6 is 0 Å². The molecule has 2 atom stereocenters. The lowest BCUT2D eigenvalue weighted by atomic mass is 10.0. The van der Waals surface area contributed by atoms with E-state index in [1.807, 2.05) is 18.6 Å². The van der Waals surface area contributed by atoms with Crippen LogP contribution in [0.1, 0.15) is 49.4 Å². The fraction of sp³-hybridized carbons (Fsp3) is 0.276. The molecule has 0 radical (unpaired) electrons. The average Bonchev–Trinajstić information content (AvgIpc) is 3.75. The van der Waals surface area contributed by atoms with E-state index in [0.717, 1.165) is 71.4 Å². The third kappa shape index (κ3) is 4.00. The van der Waals surface area contributed by atoms with Gasteiger partial charge in [-0.1, -0.05) is 24.3 Å². The highest BCUT2D eigenvalue weighted by Crippen LogP contribution is 2.30. The molecule has 7 rings (SSSR count). The van der Waals surface area contributed by atoms with Crippen molar-refractivity contribution in [1.29, 1.82) is 0 Å². The first-order valence-corrected chi connectivity index (χ1v) is 12.9. The van der Waals surface area contributed by atoms with Gasteiger partial charge in [-0.15, -0.1) is 0 Å². The highest BCUT2D eigenvalue weighted by molar-refractivity contribution is 5.90. The molecule has 7 heteroatoms. The zero-order valence-corrected chi connectivity index (χ0v) is 20.1. The fourth-order valence-electron chi connectivity index (χ4n) is 5.45. The molecule has 36 heavy (non-hydrogen) atoms. The lowest BCUT2D eigenvalue weighted by molar-refractivity contribution is 0.613. The molecule has 0 aliphatic carbocycles. The van der Waals surface area contributed by atoms with Gasteiger partial charge in [0, 0.05) is 22.9 Å². The smallest absolute Gasteiger partial charge is 0.123 e. The van der Waals surface area contributed by atoms with Crippen LogP contribution in [0.4, 0.5) is 0 Å². The van der Waals surface area contributed by atoms with E-state index in [-0.39, 0.29) is 0 Å². The maximum Gasteiger partial charge on any atom is 0.123 e. The first-order chi connectivity index (χ1) is 17.8. The highest BCUT2D eigenvalue weighted by atomic mass is 15.0. The molecule has 0 amide bonds. The molecule has 5 heterocycles. The van der Waals surface area contributed by atoms with Crippen molar-refractivity contribution in [3.8, 4) is 33.8 Å². The van der Waals surface area contributed by atoms with Crippen molar-refractivity contribution in [3.63, 3.8) is 0 Å². The summed E-state index contributed by atoms with van der Waals surface area (Å²) in [6, 6.07) is 18.0. The van der Waals surface area contributed by atoms with E-state index in [9.17, 15) is 0 Å². The molecule has 0 spiro atoms. The molecule has 180 valence electrons. The minimum Gasteiger partial charge on any atom is -0.341 e. The molecule has 2 saturated heterocycles. The Labute approximate surface area is 209 Å². The number of fused-ring (bicyclic) bond motifs is 1. The average molecular weight is 476 g/mol. The van der Waals surface area contributed by atoms with E-state index in [1.165, 1.54) is 23.6 Å². The molecule has 7 nitrogen and oxygen atoms in total. The lowest BCUT2D eigenvalue weighted by Gasteiger charge is -2.07. The molecule has 4 N–H and O–H groups in total. The quantitative estimate of drug-likeness (QED) is 0.268. The third-order valence-electron chi connectivity index (χ3n) is 7.49. The number of hydrogen-bond donors (Lipinski definition) is 4. The number of nitrogens with one attached hydrogen (secondary N) is 4. The number of hydrogen-bond acceptors (Lipinski definition) is 5. The lowest BCUT2D eigenvalue weighted by Crippen LogP contribution is -2.14. The van der Waals surface area contributed by atoms with Gasteiger partial charge >= 0.3 is 0 Å². The summed E-state index contributed by atoms with van der Waals surface area (Å²) in [7, 11) is 0. The van der Waals surface area contributed by atoms with Crippen LogP contribution in [-0.4, -0.2) is 38.0 Å². The van der Waals surface area contributed by atoms with Gasteiger partial charge in [0.25, 0.3) is 0 Å². The minimum atomic E-state index is 0.337. The molecule has 3 aromatic heterocycles. The van der Waals surface area contributed by atoms with Gasteiger partial charge in [0.05, 0.1) is 41.6 Å². The van der Waals surface area contributed by atoms with Crippen LogP contribution in [0.15, 0.2) is 67.1 Å². The SMILES string of the molecule is c1cc2cc(-c3cnc(C4CCCN4)[nH]3)ccc2cc1-c1ccc(-c2cnc(C3CCCN3)[nH]2)cn1. The van der Waals surface area contributed by atoms with Crippen molar-refractivity contribution in [2.45, 2.75) is 37.8 Å². The molecule has 2 fully saturated rings.